The Hall–Kier alpha value is -4.98. The smallest absolute Gasteiger partial charge is 0.142 e. The molecule has 0 radical (unpaired) electrons. The lowest BCUT2D eigenvalue weighted by molar-refractivity contribution is 0.130. The van der Waals surface area contributed by atoms with Gasteiger partial charge < -0.3 is 9.68 Å². The van der Waals surface area contributed by atoms with Gasteiger partial charge in [-0.3, -0.25) is 0 Å². The Bertz CT molecular complexity index is 1280. The summed E-state index contributed by atoms with van der Waals surface area (Å²) in [6.45, 7) is 0.769. The van der Waals surface area contributed by atoms with E-state index in [1.165, 1.54) is 0 Å². The van der Waals surface area contributed by atoms with Crippen LogP contribution in [-0.4, -0.2) is 32.0 Å². The van der Waals surface area contributed by atoms with E-state index in [0.29, 0.717) is 13.2 Å². The molecule has 0 amide bonds. The van der Waals surface area contributed by atoms with Crippen LogP contribution in [0.1, 0.15) is 22.3 Å². The van der Waals surface area contributed by atoms with Gasteiger partial charge in [0.25, 0.3) is 0 Å². The largest absolute Gasteiger partial charge is 0.391 e. The van der Waals surface area contributed by atoms with Gasteiger partial charge >= 0.3 is 0 Å². The fourth-order valence-corrected chi connectivity index (χ4v) is 3.42. The fourth-order valence-electron chi connectivity index (χ4n) is 3.42. The third kappa shape index (κ3) is 6.12. The molecular formula is C28H24N6O2. The van der Waals surface area contributed by atoms with Gasteiger partial charge in [0.05, 0.1) is 23.8 Å². The van der Waals surface area contributed by atoms with Crippen LogP contribution in [0.4, 0.5) is 0 Å². The summed E-state index contributed by atoms with van der Waals surface area (Å²) in [6.07, 6.45) is 10.7. The van der Waals surface area contributed by atoms with Gasteiger partial charge in [0.1, 0.15) is 13.2 Å². The third-order valence-corrected chi connectivity index (χ3v) is 5.36. The molecule has 8 nitrogen and oxygen atoms in total. The molecule has 2 aromatic heterocycles. The highest BCUT2D eigenvalue weighted by Crippen LogP contribution is 2.10. The van der Waals surface area contributed by atoms with E-state index in [1.54, 1.807) is 34.2 Å². The fraction of sp³-hybridized carbons (Fsp3) is 0.0714. The maximum Gasteiger partial charge on any atom is 0.142 e. The van der Waals surface area contributed by atoms with Gasteiger partial charge in [-0.2, -0.15) is 10.2 Å². The van der Waals surface area contributed by atoms with E-state index in [2.05, 4.69) is 20.5 Å². The van der Waals surface area contributed by atoms with Crippen LogP contribution in [0.2, 0.25) is 0 Å². The summed E-state index contributed by atoms with van der Waals surface area (Å²) < 4.78 is 3.61. The molecule has 5 rings (SSSR count). The minimum atomic E-state index is 0.385. The van der Waals surface area contributed by atoms with E-state index >= 15 is 0 Å². The van der Waals surface area contributed by atoms with Crippen molar-refractivity contribution in [3.05, 3.63) is 132 Å². The molecule has 0 unspecified atom stereocenters. The number of nitrogens with zero attached hydrogens (tertiary/aromatic N) is 6. The van der Waals surface area contributed by atoms with Crippen molar-refractivity contribution in [1.82, 2.24) is 19.6 Å². The standard InChI is InChI=1S/C28H24N6O2/c1-15-29-33(17-1)27-11-7-23(8-12-27)19-31-35-21-25-3-5-26(6-4-25)22-36-32-20-24-9-13-28(14-10-24)34-18-2-16-30-34/h1-20H,21-22H2/b31-19+,32-20+. The summed E-state index contributed by atoms with van der Waals surface area (Å²) in [5, 5.41) is 16.6. The van der Waals surface area contributed by atoms with Gasteiger partial charge in [0, 0.05) is 24.8 Å². The second-order valence-corrected chi connectivity index (χ2v) is 7.92. The van der Waals surface area contributed by atoms with Crippen LogP contribution in [0.5, 0.6) is 0 Å². The van der Waals surface area contributed by atoms with Crippen molar-refractivity contribution in [3.63, 3.8) is 0 Å². The van der Waals surface area contributed by atoms with Crippen LogP contribution in [0.3, 0.4) is 0 Å². The summed E-state index contributed by atoms with van der Waals surface area (Å²) in [4.78, 5) is 10.9. The molecule has 3 aromatic carbocycles. The number of hydrogen-bond donors (Lipinski definition) is 0. The first kappa shape index (κ1) is 22.8. The molecule has 0 saturated carbocycles. The van der Waals surface area contributed by atoms with Crippen LogP contribution in [0, 0.1) is 0 Å². The average molecular weight is 477 g/mol. The molecule has 8 heteroatoms. The van der Waals surface area contributed by atoms with Crippen molar-refractivity contribution < 1.29 is 9.68 Å². The zero-order valence-electron chi connectivity index (χ0n) is 19.5. The zero-order valence-corrected chi connectivity index (χ0v) is 19.5. The van der Waals surface area contributed by atoms with E-state index in [9.17, 15) is 0 Å². The molecule has 0 bridgehead atoms. The van der Waals surface area contributed by atoms with E-state index in [1.807, 2.05) is 97.3 Å². The quantitative estimate of drug-likeness (QED) is 0.206. The Kier molecular flexibility index (Phi) is 7.24. The molecule has 0 spiro atoms. The molecule has 0 aliphatic rings. The zero-order chi connectivity index (χ0) is 24.4. The van der Waals surface area contributed by atoms with Gasteiger partial charge in [-0.25, -0.2) is 9.36 Å². The maximum atomic E-state index is 5.44. The van der Waals surface area contributed by atoms with Crippen molar-refractivity contribution in [2.45, 2.75) is 13.2 Å². The van der Waals surface area contributed by atoms with E-state index in [0.717, 1.165) is 33.6 Å². The van der Waals surface area contributed by atoms with Crippen molar-refractivity contribution in [1.29, 1.82) is 0 Å². The number of oxime groups is 2. The molecule has 178 valence electrons. The number of rotatable bonds is 10. The van der Waals surface area contributed by atoms with Crippen LogP contribution < -0.4 is 0 Å². The highest BCUT2D eigenvalue weighted by molar-refractivity contribution is 5.79. The number of hydrogen-bond acceptors (Lipinski definition) is 6. The summed E-state index contributed by atoms with van der Waals surface area (Å²) >= 11 is 0. The minimum absolute atomic E-state index is 0.385. The lowest BCUT2D eigenvalue weighted by Gasteiger charge is -2.04. The first-order chi connectivity index (χ1) is 17.8. The lowest BCUT2D eigenvalue weighted by atomic mass is 10.1. The minimum Gasteiger partial charge on any atom is -0.391 e. The Morgan fingerprint density at radius 3 is 1.36 bits per heavy atom. The van der Waals surface area contributed by atoms with Crippen molar-refractivity contribution in [2.75, 3.05) is 0 Å². The summed E-state index contributed by atoms with van der Waals surface area (Å²) in [5.41, 5.74) is 5.93. The van der Waals surface area contributed by atoms with Crippen molar-refractivity contribution in [3.8, 4) is 11.4 Å². The van der Waals surface area contributed by atoms with E-state index in [4.69, 9.17) is 9.68 Å². The molecule has 0 aliphatic carbocycles. The van der Waals surface area contributed by atoms with Crippen LogP contribution >= 0.6 is 0 Å². The highest BCUT2D eigenvalue weighted by Gasteiger charge is 1.99. The second-order valence-electron chi connectivity index (χ2n) is 7.92. The van der Waals surface area contributed by atoms with Crippen LogP contribution in [0.15, 0.2) is 120 Å². The second kappa shape index (κ2) is 11.4. The Balaban J connectivity index is 1.04. The van der Waals surface area contributed by atoms with Crippen LogP contribution in [-0.2, 0) is 22.9 Å². The normalized spacial score (nSPS) is 11.3. The predicted octanol–water partition coefficient (Wildman–Crippen LogP) is 5.16. The maximum absolute atomic E-state index is 5.44. The topological polar surface area (TPSA) is 78.8 Å². The van der Waals surface area contributed by atoms with Gasteiger partial charge in [-0.1, -0.05) is 58.8 Å². The molecule has 0 N–H and O–H groups in total. The number of aromatic nitrogens is 4. The van der Waals surface area contributed by atoms with Gasteiger partial charge in [0.2, 0.25) is 0 Å². The lowest BCUT2D eigenvalue weighted by Crippen LogP contribution is -1.94. The van der Waals surface area contributed by atoms with E-state index < -0.39 is 0 Å². The first-order valence-electron chi connectivity index (χ1n) is 11.4. The summed E-state index contributed by atoms with van der Waals surface area (Å²) in [6, 6.07) is 27.6. The monoisotopic (exact) mass is 476 g/mol. The highest BCUT2D eigenvalue weighted by atomic mass is 16.6. The van der Waals surface area contributed by atoms with Gasteiger partial charge in [0.15, 0.2) is 0 Å². The number of benzene rings is 3. The summed E-state index contributed by atoms with van der Waals surface area (Å²) in [5.74, 6) is 0. The Morgan fingerprint density at radius 1 is 0.583 bits per heavy atom. The van der Waals surface area contributed by atoms with E-state index in [-0.39, 0.29) is 0 Å². The SMILES string of the molecule is C(=N\OCc1ccc(CO/N=C/c2ccc(-n3cccn3)cc2)cc1)/c1ccc(-n2cccn2)cc1. The first-order valence-corrected chi connectivity index (χ1v) is 11.4. The molecule has 36 heavy (non-hydrogen) atoms. The molecule has 2 heterocycles. The Labute approximate surface area is 208 Å². The summed E-state index contributed by atoms with van der Waals surface area (Å²) in [7, 11) is 0. The molecule has 0 atom stereocenters. The van der Waals surface area contributed by atoms with Crippen LogP contribution in [0.25, 0.3) is 11.4 Å². The molecular weight excluding hydrogens is 452 g/mol. The molecule has 0 fully saturated rings. The average Bonchev–Trinajstić information content (AvgIpc) is 3.66. The molecule has 0 aliphatic heterocycles. The molecule has 0 saturated heterocycles. The van der Waals surface area contributed by atoms with Gasteiger partial charge in [-0.05, 0) is 58.7 Å². The predicted molar refractivity (Wildman–Crippen MR) is 138 cm³/mol. The Morgan fingerprint density at radius 2 is 1.00 bits per heavy atom. The third-order valence-electron chi connectivity index (χ3n) is 5.36. The van der Waals surface area contributed by atoms with Gasteiger partial charge in [-0.15, -0.1) is 0 Å². The molecule has 5 aromatic rings. The van der Waals surface area contributed by atoms with Crippen molar-refractivity contribution in [2.24, 2.45) is 10.3 Å². The van der Waals surface area contributed by atoms with Crippen molar-refractivity contribution >= 4 is 12.4 Å².